The Hall–Kier alpha value is -1.40. The van der Waals surface area contributed by atoms with Crippen molar-refractivity contribution in [2.45, 2.75) is 76.3 Å². The Morgan fingerprint density at radius 3 is 1.19 bits per heavy atom. The quantitative estimate of drug-likeness (QED) is 0.0294. The van der Waals surface area contributed by atoms with Crippen molar-refractivity contribution in [1.82, 2.24) is 9.97 Å². The van der Waals surface area contributed by atoms with E-state index in [1.807, 2.05) is 41.5 Å². The second-order valence-corrected chi connectivity index (χ2v) is 27.9. The predicted molar refractivity (Wildman–Crippen MR) is 263 cm³/mol. The van der Waals surface area contributed by atoms with E-state index in [2.05, 4.69) is 84.9 Å². The molecule has 2 heterocycles. The van der Waals surface area contributed by atoms with Crippen LogP contribution in [0.4, 0.5) is 0 Å². The van der Waals surface area contributed by atoms with Crippen LogP contribution in [0.2, 0.25) is 12.1 Å². The molecule has 0 aliphatic carbocycles. The van der Waals surface area contributed by atoms with E-state index in [-0.39, 0.29) is 0 Å². The van der Waals surface area contributed by atoms with E-state index in [9.17, 15) is 0 Å². The molecule has 4 aromatic carbocycles. The van der Waals surface area contributed by atoms with Gasteiger partial charge in [0.15, 0.2) is 0 Å². The highest BCUT2D eigenvalue weighted by atomic mass is 33.8. The number of nitrogens with zero attached hydrogens (tertiary/aromatic N) is 2. The van der Waals surface area contributed by atoms with Crippen LogP contribution in [0.5, 0.6) is 0 Å². The Morgan fingerprint density at radius 1 is 0.458 bits per heavy atom. The largest absolute Gasteiger partial charge is 0.501 e. The van der Waals surface area contributed by atoms with Gasteiger partial charge in [0, 0.05) is 72.6 Å². The molecule has 0 saturated carbocycles. The summed E-state index contributed by atoms with van der Waals surface area (Å²) >= 11 is 3.48. The van der Waals surface area contributed by atoms with Gasteiger partial charge in [0.25, 0.3) is 0 Å². The van der Waals surface area contributed by atoms with Crippen molar-refractivity contribution in [3.05, 3.63) is 96.1 Å². The molecule has 0 aliphatic heterocycles. The molecule has 0 fully saturated rings. The first-order valence-corrected chi connectivity index (χ1v) is 31.7. The van der Waals surface area contributed by atoms with Crippen molar-refractivity contribution in [2.24, 2.45) is 0 Å². The van der Waals surface area contributed by atoms with E-state index >= 15 is 0 Å². The highest BCUT2D eigenvalue weighted by molar-refractivity contribution is 9.35. The Kier molecular flexibility index (Phi) is 19.1. The van der Waals surface area contributed by atoms with E-state index < -0.39 is 17.6 Å². The van der Waals surface area contributed by atoms with Crippen molar-refractivity contribution < 1.29 is 26.6 Å². The molecule has 2 aromatic heterocycles. The van der Waals surface area contributed by atoms with E-state index in [4.69, 9.17) is 36.5 Å². The van der Waals surface area contributed by atoms with Gasteiger partial charge in [0.2, 0.25) is 0 Å². The number of aryl methyl sites for hydroxylation is 2. The number of aromatic nitrogens is 2. The summed E-state index contributed by atoms with van der Waals surface area (Å²) in [5.41, 5.74) is 6.82. The number of thiazole rings is 2. The Morgan fingerprint density at radius 2 is 0.831 bits per heavy atom. The molecule has 0 atom stereocenters. The fourth-order valence-corrected chi connectivity index (χ4v) is 22.8. The van der Waals surface area contributed by atoms with E-state index in [1.165, 1.54) is 41.4 Å². The van der Waals surface area contributed by atoms with Crippen LogP contribution >= 0.6 is 73.7 Å². The minimum atomic E-state index is -2.85. The monoisotopic (exact) mass is 960 g/mol. The second kappa shape index (κ2) is 23.9. The SMILES string of the molecule is CCO[Si](CCc1cccc(SSSSSc2cccc(CC[Si](OCC)(OCC)OCC)c2-c2nc3ccccc3s2)c1-c1nc2ccccc2s1)(OCC)OCC. The number of rotatable bonds is 26. The molecule has 59 heavy (non-hydrogen) atoms. The molecule has 316 valence electrons. The third-order valence-corrected chi connectivity index (χ3v) is 25.7. The van der Waals surface area contributed by atoms with Gasteiger partial charge in [0.05, 0.1) is 20.4 Å². The van der Waals surface area contributed by atoms with Crippen LogP contribution in [0, 0.1) is 0 Å². The lowest BCUT2D eigenvalue weighted by molar-refractivity contribution is 0.0706. The molecule has 0 spiro atoms. The molecule has 0 N–H and O–H groups in total. The van der Waals surface area contributed by atoms with Gasteiger partial charge in [-0.05, 0) is 153 Å². The highest BCUT2D eigenvalue weighted by Gasteiger charge is 2.41. The Balaban J connectivity index is 1.22. The number of benzene rings is 4. The molecule has 0 bridgehead atoms. The first-order chi connectivity index (χ1) is 28.9. The zero-order chi connectivity index (χ0) is 41.5. The number of hydrogen-bond acceptors (Lipinski definition) is 15. The molecule has 0 radical (unpaired) electrons. The van der Waals surface area contributed by atoms with Crippen LogP contribution in [-0.2, 0) is 39.4 Å². The third-order valence-electron chi connectivity index (χ3n) is 9.13. The normalized spacial score (nSPS) is 12.3. The summed E-state index contributed by atoms with van der Waals surface area (Å²) in [5.74, 6) is 0. The fraction of sp³-hybridized carbons (Fsp3) is 0.381. The van der Waals surface area contributed by atoms with Gasteiger partial charge in [-0.3, -0.25) is 0 Å². The summed E-state index contributed by atoms with van der Waals surface area (Å²) < 4.78 is 39.8. The van der Waals surface area contributed by atoms with Crippen molar-refractivity contribution in [3.63, 3.8) is 0 Å². The standard InChI is InChI=1S/C42H52N2O6S7Si2/c1-7-45-58(46-8-2,47-9-3)29-27-31-19-17-25-37(39(31)41-43-33-21-13-15-23-35(33)51-41)53-55-57-56-54-38-26-18-20-32(28-30-59(48-10-4,49-11-5)50-12-6)40(38)42-44-34-22-14-16-24-36(34)52-42/h13-26H,7-12,27-30H2,1-6H3. The van der Waals surface area contributed by atoms with Crippen molar-refractivity contribution in [3.8, 4) is 21.1 Å². The molecular weight excluding hydrogens is 909 g/mol. The summed E-state index contributed by atoms with van der Waals surface area (Å²) in [4.78, 5) is 12.6. The zero-order valence-electron chi connectivity index (χ0n) is 34.4. The maximum absolute atomic E-state index is 6.25. The lowest BCUT2D eigenvalue weighted by Gasteiger charge is -2.28. The van der Waals surface area contributed by atoms with E-state index in [0.717, 1.165) is 33.9 Å². The Bertz CT molecular complexity index is 1970. The average molecular weight is 962 g/mol. The molecule has 0 saturated heterocycles. The summed E-state index contributed by atoms with van der Waals surface area (Å²) in [6, 6.07) is 31.3. The van der Waals surface area contributed by atoms with Crippen LogP contribution in [-0.4, -0.2) is 67.2 Å². The van der Waals surface area contributed by atoms with Gasteiger partial charge in [-0.2, -0.15) is 0 Å². The number of hydrogen-bond donors (Lipinski definition) is 0. The fourth-order valence-electron chi connectivity index (χ4n) is 6.84. The lowest BCUT2D eigenvalue weighted by atomic mass is 10.1. The molecule has 0 unspecified atom stereocenters. The first kappa shape index (κ1) is 47.1. The molecule has 8 nitrogen and oxygen atoms in total. The molecule has 0 amide bonds. The molecule has 17 heteroatoms. The van der Waals surface area contributed by atoms with Crippen molar-refractivity contribution >= 4 is 112 Å². The van der Waals surface area contributed by atoms with Crippen LogP contribution < -0.4 is 0 Å². The maximum atomic E-state index is 6.25. The van der Waals surface area contributed by atoms with Crippen LogP contribution in [0.1, 0.15) is 52.7 Å². The predicted octanol–water partition coefficient (Wildman–Crippen LogP) is 14.2. The topological polar surface area (TPSA) is 81.2 Å². The van der Waals surface area contributed by atoms with Crippen molar-refractivity contribution in [2.75, 3.05) is 39.6 Å². The van der Waals surface area contributed by atoms with Crippen LogP contribution in [0.15, 0.2) is 94.7 Å². The third kappa shape index (κ3) is 12.4. The molecule has 6 aromatic rings. The molecular formula is C42H52N2O6S7Si2. The maximum Gasteiger partial charge on any atom is 0.501 e. The minimum absolute atomic E-state index is 0.556. The van der Waals surface area contributed by atoms with Gasteiger partial charge in [-0.25, -0.2) is 9.97 Å². The zero-order valence-corrected chi connectivity index (χ0v) is 42.1. The minimum Gasteiger partial charge on any atom is -0.374 e. The summed E-state index contributed by atoms with van der Waals surface area (Å²) in [5, 5.41) is 2.05. The second-order valence-electron chi connectivity index (χ2n) is 12.9. The highest BCUT2D eigenvalue weighted by Crippen LogP contribution is 2.56. The van der Waals surface area contributed by atoms with Gasteiger partial charge in [0.1, 0.15) is 10.0 Å². The van der Waals surface area contributed by atoms with Gasteiger partial charge >= 0.3 is 17.6 Å². The van der Waals surface area contributed by atoms with Crippen LogP contribution in [0.3, 0.4) is 0 Å². The van der Waals surface area contributed by atoms with Crippen LogP contribution in [0.25, 0.3) is 41.6 Å². The van der Waals surface area contributed by atoms with Gasteiger partial charge in [-0.15, -0.1) is 22.7 Å². The van der Waals surface area contributed by atoms with E-state index in [1.54, 1.807) is 73.7 Å². The molecule has 6 rings (SSSR count). The number of fused-ring (bicyclic) bond motifs is 2. The van der Waals surface area contributed by atoms with Gasteiger partial charge in [-0.1, -0.05) is 48.5 Å². The first-order valence-electron chi connectivity index (χ1n) is 20.0. The summed E-state index contributed by atoms with van der Waals surface area (Å²) in [6.07, 6.45) is 1.53. The van der Waals surface area contributed by atoms with E-state index in [0.29, 0.717) is 51.7 Å². The number of para-hydroxylation sites is 2. The molecule has 0 aliphatic rings. The summed E-state index contributed by atoms with van der Waals surface area (Å²) in [6.45, 7) is 15.4. The Labute approximate surface area is 378 Å². The summed E-state index contributed by atoms with van der Waals surface area (Å²) in [7, 11) is 3.16. The van der Waals surface area contributed by atoms with Gasteiger partial charge < -0.3 is 26.6 Å². The average Bonchev–Trinajstić information content (AvgIpc) is 3.87. The lowest BCUT2D eigenvalue weighted by Crippen LogP contribution is -2.46. The smallest absolute Gasteiger partial charge is 0.374 e. The van der Waals surface area contributed by atoms with Crippen molar-refractivity contribution in [1.29, 1.82) is 0 Å².